The molecule has 1 heterocycles. The van der Waals surface area contributed by atoms with Gasteiger partial charge in [-0.2, -0.15) is 0 Å². The zero-order valence-electron chi connectivity index (χ0n) is 18.2. The molecule has 2 atom stereocenters. The molecule has 5 nitrogen and oxygen atoms in total. The first kappa shape index (κ1) is 30.0. The number of benzene rings is 1. The quantitative estimate of drug-likeness (QED) is 0.248. The molecule has 0 bridgehead atoms. The normalized spacial score (nSPS) is 25.6. The van der Waals surface area contributed by atoms with Crippen molar-refractivity contribution in [2.24, 2.45) is 5.92 Å². The van der Waals surface area contributed by atoms with Gasteiger partial charge in [0.25, 0.3) is 0 Å². The fourth-order valence-electron chi connectivity index (χ4n) is 4.15. The van der Waals surface area contributed by atoms with Crippen molar-refractivity contribution >= 4 is 94.7 Å². The van der Waals surface area contributed by atoms with Crippen LogP contribution < -0.4 is 5.73 Å². The van der Waals surface area contributed by atoms with Gasteiger partial charge in [0.15, 0.2) is 0 Å². The number of halogens is 5. The molecule has 1 aliphatic heterocycles. The Morgan fingerprint density at radius 1 is 1.16 bits per heavy atom. The van der Waals surface area contributed by atoms with Crippen LogP contribution in [-0.2, 0) is 25.6 Å². The maximum absolute atomic E-state index is 13.0. The second kappa shape index (κ2) is 15.1. The molecular weight excluding hydrogens is 831 g/mol. The van der Waals surface area contributed by atoms with Crippen molar-refractivity contribution in [3.05, 3.63) is 27.7 Å². The van der Waals surface area contributed by atoms with Crippen LogP contribution in [0.4, 0.5) is 5.69 Å². The van der Waals surface area contributed by atoms with Crippen LogP contribution in [0, 0.1) is 5.92 Å². The number of rotatable bonds is 6. The van der Waals surface area contributed by atoms with Gasteiger partial charge in [0, 0.05) is 18.7 Å². The Kier molecular flexibility index (Phi) is 14.2. The van der Waals surface area contributed by atoms with Gasteiger partial charge in [0.2, 0.25) is 5.91 Å². The number of carbonyl (C=O) groups excluding carboxylic acids is 1. The molecule has 0 spiro atoms. The number of ether oxygens (including phenoxy) is 2. The van der Waals surface area contributed by atoms with Crippen molar-refractivity contribution in [2.45, 2.75) is 63.7 Å². The number of likely N-dealkylation sites (tertiary alicyclic amines) is 1. The summed E-state index contributed by atoms with van der Waals surface area (Å²) in [6, 6.07) is 3.30. The number of nitrogens with two attached hydrogens (primary N) is 1. The summed E-state index contributed by atoms with van der Waals surface area (Å²) < 4.78 is 11.7. The van der Waals surface area contributed by atoms with Gasteiger partial charge in [0.1, 0.15) is 0 Å². The third-order valence-corrected chi connectivity index (χ3v) is 6.70. The van der Waals surface area contributed by atoms with Crippen molar-refractivity contribution in [3.63, 3.8) is 0 Å². The Morgan fingerprint density at radius 3 is 2.38 bits per heavy atom. The third kappa shape index (κ3) is 10.0. The van der Waals surface area contributed by atoms with Crippen molar-refractivity contribution < 1.29 is 19.2 Å². The summed E-state index contributed by atoms with van der Waals surface area (Å²) in [5.74, 6) is 0.798. The molecule has 0 aromatic heterocycles. The Morgan fingerprint density at radius 2 is 1.78 bits per heavy atom. The van der Waals surface area contributed by atoms with E-state index >= 15 is 0 Å². The molecule has 2 N–H and O–H groups in total. The summed E-state index contributed by atoms with van der Waals surface area (Å²) >= 11 is 19.7. The standard InChI is InChI=1S/C21H30Cl2N2O3.3HI.V/c1-13-3-5-16(6-4-13)28-12-15-9-17(27-2)11-25(15)21(26)8-14-7-19(23)20(24)10-18(14)22;;;;/h7,10,13,15-17H,3-6,8-9,11-12,24H2,1-2H3;3*1H;/q;;;;+3/p-3/t13?,15-,16?,17-;;;;/m0..../s1. The second-order valence-corrected chi connectivity index (χ2v) is 44.5. The molecule has 1 aromatic rings. The van der Waals surface area contributed by atoms with E-state index in [1.54, 1.807) is 19.2 Å². The molecule has 1 aromatic carbocycles. The van der Waals surface area contributed by atoms with E-state index in [0.29, 0.717) is 40.6 Å². The summed E-state index contributed by atoms with van der Waals surface area (Å²) in [4.78, 5) is 14.6. The Bertz CT molecular complexity index is 752. The van der Waals surface area contributed by atoms with Gasteiger partial charge in [-0.15, -0.1) is 0 Å². The minimum atomic E-state index is -0.278. The fraction of sp³-hybridized carbons (Fsp3) is 0.667. The van der Waals surface area contributed by atoms with E-state index in [1.807, 2.05) is 4.90 Å². The SMILES string of the molecule is CO[C@H]1C[C@@H](COC2CCC(C)CC2)N(C(=O)Cc2cc(Cl)c(N)cc2Cl)C1.[I][V]([I])[I]. The first-order chi connectivity index (χ1) is 15.1. The van der Waals surface area contributed by atoms with E-state index in [2.05, 4.69) is 66.9 Å². The summed E-state index contributed by atoms with van der Waals surface area (Å²) in [6.45, 7) is 3.43. The number of nitrogen functional groups attached to an aromatic ring is 1. The molecule has 2 fully saturated rings. The molecule has 182 valence electrons. The molecule has 11 heteroatoms. The first-order valence-electron chi connectivity index (χ1n) is 10.5. The molecule has 0 radical (unpaired) electrons. The van der Waals surface area contributed by atoms with E-state index < -0.39 is 0 Å². The van der Waals surface area contributed by atoms with Crippen molar-refractivity contribution in [3.8, 4) is 0 Å². The monoisotopic (exact) mass is 860 g/mol. The maximum atomic E-state index is 13.0. The van der Waals surface area contributed by atoms with Crippen LogP contribution >= 0.6 is 83.1 Å². The van der Waals surface area contributed by atoms with Gasteiger partial charge in [-0.1, -0.05) is 30.1 Å². The Hall–Kier alpha value is 1.76. The summed E-state index contributed by atoms with van der Waals surface area (Å²) in [7, 11) is 1.69. The van der Waals surface area contributed by atoms with Gasteiger partial charge in [-0.05, 0) is 55.7 Å². The number of amides is 1. The summed E-state index contributed by atoms with van der Waals surface area (Å²) in [5.41, 5.74) is 6.88. The van der Waals surface area contributed by atoms with Crippen LogP contribution in [0.15, 0.2) is 12.1 Å². The van der Waals surface area contributed by atoms with E-state index in [1.165, 1.54) is 12.8 Å². The van der Waals surface area contributed by atoms with Crippen LogP contribution in [0.3, 0.4) is 0 Å². The second-order valence-electron chi connectivity index (χ2n) is 8.34. The Balaban J connectivity index is 0.000000837. The predicted molar refractivity (Wildman–Crippen MR) is 155 cm³/mol. The van der Waals surface area contributed by atoms with Crippen molar-refractivity contribution in [1.82, 2.24) is 4.90 Å². The average Bonchev–Trinajstić information content (AvgIpc) is 3.15. The number of carbonyl (C=O) groups is 1. The number of hydrogen-bond donors (Lipinski definition) is 1. The van der Waals surface area contributed by atoms with Gasteiger partial charge in [-0.3, -0.25) is 4.79 Å². The number of anilines is 1. The van der Waals surface area contributed by atoms with Crippen LogP contribution in [0.25, 0.3) is 0 Å². The molecular formula is C21H30Cl2I3N2O3V. The van der Waals surface area contributed by atoms with Crippen LogP contribution in [0.2, 0.25) is 10.0 Å². The molecule has 32 heavy (non-hydrogen) atoms. The van der Waals surface area contributed by atoms with E-state index in [9.17, 15) is 4.79 Å². The zero-order chi connectivity index (χ0) is 23.8. The summed E-state index contributed by atoms with van der Waals surface area (Å²) in [6.07, 6.45) is 5.97. The van der Waals surface area contributed by atoms with Crippen LogP contribution in [-0.4, -0.2) is 49.3 Å². The van der Waals surface area contributed by atoms with Gasteiger partial charge < -0.3 is 20.1 Å². The minimum absolute atomic E-state index is 0.00755. The topological polar surface area (TPSA) is 64.8 Å². The zero-order valence-corrected chi connectivity index (χ0v) is 27.6. The Labute approximate surface area is 239 Å². The molecule has 1 saturated heterocycles. The number of methoxy groups -OCH3 is 1. The van der Waals surface area contributed by atoms with Crippen molar-refractivity contribution in [2.75, 3.05) is 26.0 Å². The number of hydrogen-bond acceptors (Lipinski definition) is 4. The fourth-order valence-corrected chi connectivity index (χ4v) is 4.58. The third-order valence-electron chi connectivity index (χ3n) is 6.02. The first-order valence-corrected chi connectivity index (χ1v) is 24.8. The average molecular weight is 861 g/mol. The molecule has 1 aliphatic carbocycles. The van der Waals surface area contributed by atoms with Crippen LogP contribution in [0.1, 0.15) is 44.6 Å². The predicted octanol–water partition coefficient (Wildman–Crippen LogP) is 6.98. The molecule has 1 amide bonds. The van der Waals surface area contributed by atoms with E-state index in [4.69, 9.17) is 38.4 Å². The molecule has 0 unspecified atom stereocenters. The van der Waals surface area contributed by atoms with E-state index in [-0.39, 0.29) is 29.4 Å². The van der Waals surface area contributed by atoms with Gasteiger partial charge in [-0.25, -0.2) is 0 Å². The number of nitrogens with zero attached hydrogens (tertiary/aromatic N) is 1. The van der Waals surface area contributed by atoms with Gasteiger partial charge >= 0.3 is 64.9 Å². The van der Waals surface area contributed by atoms with Crippen molar-refractivity contribution in [1.29, 1.82) is 0 Å². The van der Waals surface area contributed by atoms with E-state index in [0.717, 1.165) is 25.2 Å². The molecule has 1 saturated carbocycles. The molecule has 3 rings (SSSR count). The molecule has 2 aliphatic rings. The summed E-state index contributed by atoms with van der Waals surface area (Å²) in [5, 5.41) is 0.872. The van der Waals surface area contributed by atoms with Gasteiger partial charge in [0.05, 0.1) is 42.0 Å². The van der Waals surface area contributed by atoms with Crippen LogP contribution in [0.5, 0.6) is 0 Å².